The van der Waals surface area contributed by atoms with E-state index in [1.807, 2.05) is 19.1 Å². The maximum atomic E-state index is 10.8. The molecule has 3 aromatic carbocycles. The van der Waals surface area contributed by atoms with E-state index in [4.69, 9.17) is 21.1 Å². The summed E-state index contributed by atoms with van der Waals surface area (Å²) in [7, 11) is 0. The molecule has 180 valence electrons. The lowest BCUT2D eigenvalue weighted by Gasteiger charge is -2.16. The van der Waals surface area contributed by atoms with Gasteiger partial charge in [-0.25, -0.2) is 0 Å². The van der Waals surface area contributed by atoms with Crippen LogP contribution in [0.4, 0.5) is 11.4 Å². The maximum Gasteiger partial charge on any atom is 0.271 e. The number of nitro groups is 1. The van der Waals surface area contributed by atoms with E-state index in [1.54, 1.807) is 6.07 Å². The third-order valence-electron chi connectivity index (χ3n) is 4.98. The van der Waals surface area contributed by atoms with Crippen LogP contribution in [0.5, 0.6) is 11.5 Å². The summed E-state index contributed by atoms with van der Waals surface area (Å²) in [4.78, 5) is 10.3. The lowest BCUT2D eigenvalue weighted by atomic mass is 10.1. The summed E-state index contributed by atoms with van der Waals surface area (Å²) in [6, 6.07) is 16.6. The lowest BCUT2D eigenvalue weighted by Crippen LogP contribution is -2.22. The van der Waals surface area contributed by atoms with Crippen LogP contribution < -0.4 is 20.1 Å². The molecule has 0 heterocycles. The van der Waals surface area contributed by atoms with Crippen molar-refractivity contribution in [3.63, 3.8) is 0 Å². The standard InChI is InChI=1S/C25H27BrClN3O4/c1-3-33-24-13-19(12-21(26)25(24)34-16-18-6-4-17(2)5-7-18)15-28-10-11-29-23-9-8-20(30(31)32)14-22(23)27/h4-9,12-14,28-29H,3,10-11,15-16H2,1-2H3. The van der Waals surface area contributed by atoms with E-state index in [0.29, 0.717) is 55.1 Å². The largest absolute Gasteiger partial charge is 0.490 e. The van der Waals surface area contributed by atoms with Gasteiger partial charge >= 0.3 is 0 Å². The van der Waals surface area contributed by atoms with E-state index in [1.165, 1.54) is 17.7 Å². The first kappa shape index (κ1) is 25.8. The van der Waals surface area contributed by atoms with Crippen LogP contribution in [0.1, 0.15) is 23.6 Å². The van der Waals surface area contributed by atoms with Gasteiger partial charge in [0.15, 0.2) is 11.5 Å². The second-order valence-corrected chi connectivity index (χ2v) is 8.90. The fourth-order valence-corrected chi connectivity index (χ4v) is 4.09. The number of hydrogen-bond acceptors (Lipinski definition) is 6. The van der Waals surface area contributed by atoms with Gasteiger partial charge in [0.1, 0.15) is 6.61 Å². The van der Waals surface area contributed by atoms with Gasteiger partial charge in [0.2, 0.25) is 0 Å². The number of halogens is 2. The number of hydrogen-bond donors (Lipinski definition) is 2. The zero-order chi connectivity index (χ0) is 24.5. The molecule has 34 heavy (non-hydrogen) atoms. The molecule has 2 N–H and O–H groups in total. The zero-order valence-corrected chi connectivity index (χ0v) is 21.4. The van der Waals surface area contributed by atoms with E-state index in [0.717, 1.165) is 15.6 Å². The van der Waals surface area contributed by atoms with Gasteiger partial charge in [-0.15, -0.1) is 0 Å². The zero-order valence-electron chi connectivity index (χ0n) is 19.1. The number of nitrogens with zero attached hydrogens (tertiary/aromatic N) is 1. The van der Waals surface area contributed by atoms with Crippen molar-refractivity contribution in [2.75, 3.05) is 25.0 Å². The monoisotopic (exact) mass is 547 g/mol. The molecular formula is C25H27BrClN3O4. The highest BCUT2D eigenvalue weighted by Crippen LogP contribution is 2.37. The number of ether oxygens (including phenoxy) is 2. The van der Waals surface area contributed by atoms with Crippen LogP contribution in [0.3, 0.4) is 0 Å². The normalized spacial score (nSPS) is 10.7. The molecule has 0 aromatic heterocycles. The fourth-order valence-electron chi connectivity index (χ4n) is 3.25. The minimum atomic E-state index is -0.468. The molecule has 0 saturated heterocycles. The minimum Gasteiger partial charge on any atom is -0.490 e. The second kappa shape index (κ2) is 12.6. The molecule has 0 radical (unpaired) electrons. The Morgan fingerprint density at radius 1 is 1.03 bits per heavy atom. The van der Waals surface area contributed by atoms with Crippen molar-refractivity contribution in [3.8, 4) is 11.5 Å². The molecule has 0 spiro atoms. The molecule has 0 unspecified atom stereocenters. The Hall–Kier alpha value is -2.81. The molecule has 0 aliphatic heterocycles. The van der Waals surface area contributed by atoms with Gasteiger partial charge in [-0.1, -0.05) is 41.4 Å². The number of non-ortho nitro benzene ring substituents is 1. The van der Waals surface area contributed by atoms with Crippen LogP contribution in [0.25, 0.3) is 0 Å². The topological polar surface area (TPSA) is 85.7 Å². The number of nitro benzene ring substituents is 1. The van der Waals surface area contributed by atoms with E-state index < -0.39 is 4.92 Å². The quantitative estimate of drug-likeness (QED) is 0.153. The van der Waals surface area contributed by atoms with Crippen molar-refractivity contribution >= 4 is 38.9 Å². The number of aryl methyl sites for hydroxylation is 1. The highest BCUT2D eigenvalue weighted by molar-refractivity contribution is 9.10. The molecule has 0 aliphatic rings. The second-order valence-electron chi connectivity index (χ2n) is 7.64. The summed E-state index contributed by atoms with van der Waals surface area (Å²) in [5, 5.41) is 17.7. The first-order chi connectivity index (χ1) is 16.4. The molecule has 7 nitrogen and oxygen atoms in total. The Balaban J connectivity index is 1.54. The molecule has 0 aliphatic carbocycles. The number of benzene rings is 3. The van der Waals surface area contributed by atoms with Gasteiger partial charge in [-0.05, 0) is 59.1 Å². The Morgan fingerprint density at radius 3 is 2.47 bits per heavy atom. The van der Waals surface area contributed by atoms with Gasteiger partial charge in [0.25, 0.3) is 5.69 Å². The first-order valence-corrected chi connectivity index (χ1v) is 12.1. The number of rotatable bonds is 12. The summed E-state index contributed by atoms with van der Waals surface area (Å²) in [5.74, 6) is 1.37. The SMILES string of the molecule is CCOc1cc(CNCCNc2ccc([N+](=O)[O-])cc2Cl)cc(Br)c1OCc1ccc(C)cc1. The van der Waals surface area contributed by atoms with E-state index >= 15 is 0 Å². The summed E-state index contributed by atoms with van der Waals surface area (Å²) in [5.41, 5.74) is 3.97. The van der Waals surface area contributed by atoms with Gasteiger partial charge < -0.3 is 20.1 Å². The summed E-state index contributed by atoms with van der Waals surface area (Å²) in [6.07, 6.45) is 0. The van der Waals surface area contributed by atoms with Crippen LogP contribution in [-0.2, 0) is 13.2 Å². The van der Waals surface area contributed by atoms with Crippen molar-refractivity contribution in [3.05, 3.63) is 90.9 Å². The Kier molecular flexibility index (Phi) is 9.56. The van der Waals surface area contributed by atoms with Crippen LogP contribution in [0.15, 0.2) is 59.1 Å². The van der Waals surface area contributed by atoms with Crippen LogP contribution in [0.2, 0.25) is 5.02 Å². The highest BCUT2D eigenvalue weighted by atomic mass is 79.9. The smallest absolute Gasteiger partial charge is 0.271 e. The van der Waals surface area contributed by atoms with Gasteiger partial charge in [-0.3, -0.25) is 10.1 Å². The number of nitrogens with one attached hydrogen (secondary N) is 2. The predicted octanol–water partition coefficient (Wildman–Crippen LogP) is 6.50. The first-order valence-electron chi connectivity index (χ1n) is 10.9. The van der Waals surface area contributed by atoms with Crippen LogP contribution in [-0.4, -0.2) is 24.6 Å². The molecule has 0 amide bonds. The Morgan fingerprint density at radius 2 is 1.79 bits per heavy atom. The van der Waals surface area contributed by atoms with Gasteiger partial charge in [0, 0.05) is 31.8 Å². The number of anilines is 1. The van der Waals surface area contributed by atoms with Crippen molar-refractivity contribution in [2.24, 2.45) is 0 Å². The lowest BCUT2D eigenvalue weighted by molar-refractivity contribution is -0.384. The highest BCUT2D eigenvalue weighted by Gasteiger charge is 2.13. The average molecular weight is 549 g/mol. The summed E-state index contributed by atoms with van der Waals surface area (Å²) >= 11 is 9.74. The van der Waals surface area contributed by atoms with Crippen molar-refractivity contribution in [1.29, 1.82) is 0 Å². The molecule has 0 saturated carbocycles. The summed E-state index contributed by atoms with van der Waals surface area (Å²) < 4.78 is 12.7. The maximum absolute atomic E-state index is 10.8. The van der Waals surface area contributed by atoms with Crippen molar-refractivity contribution in [1.82, 2.24) is 5.32 Å². The van der Waals surface area contributed by atoms with E-state index in [9.17, 15) is 10.1 Å². The molecule has 3 rings (SSSR count). The summed E-state index contributed by atoms with van der Waals surface area (Å²) in [6.45, 7) is 6.89. The van der Waals surface area contributed by atoms with Crippen LogP contribution in [0, 0.1) is 17.0 Å². The van der Waals surface area contributed by atoms with Crippen molar-refractivity contribution in [2.45, 2.75) is 27.0 Å². The van der Waals surface area contributed by atoms with Gasteiger partial charge in [-0.2, -0.15) is 0 Å². The van der Waals surface area contributed by atoms with Gasteiger partial charge in [0.05, 0.1) is 26.7 Å². The predicted molar refractivity (Wildman–Crippen MR) is 139 cm³/mol. The molecule has 0 bridgehead atoms. The minimum absolute atomic E-state index is 0.0318. The molecular weight excluding hydrogens is 522 g/mol. The van der Waals surface area contributed by atoms with Crippen LogP contribution >= 0.6 is 27.5 Å². The van der Waals surface area contributed by atoms with E-state index in [-0.39, 0.29) is 5.69 Å². The third kappa shape index (κ3) is 7.35. The Bertz CT molecular complexity index is 1130. The van der Waals surface area contributed by atoms with E-state index in [2.05, 4.69) is 57.8 Å². The third-order valence-corrected chi connectivity index (χ3v) is 5.88. The molecule has 0 fully saturated rings. The average Bonchev–Trinajstić information content (AvgIpc) is 2.80. The fraction of sp³-hybridized carbons (Fsp3) is 0.280. The van der Waals surface area contributed by atoms with Crippen molar-refractivity contribution < 1.29 is 14.4 Å². The molecule has 0 atom stereocenters. The Labute approximate surface area is 212 Å². The molecule has 3 aromatic rings. The molecule has 9 heteroatoms.